The Balaban J connectivity index is 4.46. The summed E-state index contributed by atoms with van der Waals surface area (Å²) in [6, 6.07) is -1.57. The summed E-state index contributed by atoms with van der Waals surface area (Å²) in [5.41, 5.74) is -0.862. The molecule has 0 saturated heterocycles. The molecule has 2 unspecified atom stereocenters. The minimum absolute atomic E-state index is 0.574. The molecule has 0 radical (unpaired) electrons. The highest BCUT2D eigenvalue weighted by atomic mass is 19.4. The van der Waals surface area contributed by atoms with Crippen LogP contribution < -0.4 is 5.32 Å². The van der Waals surface area contributed by atoms with E-state index < -0.39 is 48.8 Å². The van der Waals surface area contributed by atoms with Gasteiger partial charge in [-0.05, 0) is 33.6 Å². The van der Waals surface area contributed by atoms with E-state index in [1.165, 1.54) is 0 Å². The largest absolute Gasteiger partial charge is 0.480 e. The predicted molar refractivity (Wildman–Crippen MR) is 62.1 cm³/mol. The van der Waals surface area contributed by atoms with Crippen LogP contribution in [-0.4, -0.2) is 46.2 Å². The highest BCUT2D eigenvalue weighted by Crippen LogP contribution is 2.23. The van der Waals surface area contributed by atoms with Gasteiger partial charge < -0.3 is 20.3 Å². The second kappa shape index (κ2) is 6.78. The summed E-state index contributed by atoms with van der Waals surface area (Å²) in [4.78, 5) is 22.2. The van der Waals surface area contributed by atoms with Gasteiger partial charge in [0.15, 0.2) is 0 Å². The van der Waals surface area contributed by atoms with Crippen LogP contribution in [0.3, 0.4) is 0 Å². The van der Waals surface area contributed by atoms with Gasteiger partial charge in [0.25, 0.3) is 0 Å². The maximum absolute atomic E-state index is 12.1. The number of alkyl carbamates (subject to hydrolysis) is 1. The van der Waals surface area contributed by atoms with Crippen molar-refractivity contribution >= 4 is 12.1 Å². The number of carboxylic acids is 1. The smallest absolute Gasteiger partial charge is 0.414 e. The van der Waals surface area contributed by atoms with Gasteiger partial charge in [-0.1, -0.05) is 0 Å². The van der Waals surface area contributed by atoms with E-state index in [4.69, 9.17) is 14.9 Å². The van der Waals surface area contributed by atoms with E-state index in [1.54, 1.807) is 20.8 Å². The van der Waals surface area contributed by atoms with Crippen LogP contribution in [0.4, 0.5) is 18.0 Å². The lowest BCUT2D eigenvalue weighted by Gasteiger charge is -2.22. The van der Waals surface area contributed by atoms with Gasteiger partial charge in [0.2, 0.25) is 0 Å². The van der Waals surface area contributed by atoms with Crippen LogP contribution in [0.15, 0.2) is 0 Å². The van der Waals surface area contributed by atoms with Crippen LogP contribution >= 0.6 is 0 Å². The van der Waals surface area contributed by atoms with E-state index in [2.05, 4.69) is 0 Å². The lowest BCUT2D eigenvalue weighted by molar-refractivity contribution is -0.206. The Morgan fingerprint density at radius 1 is 1.20 bits per heavy atom. The fourth-order valence-electron chi connectivity index (χ4n) is 1.20. The van der Waals surface area contributed by atoms with Crippen molar-refractivity contribution in [3.8, 4) is 0 Å². The molecule has 0 fully saturated rings. The van der Waals surface area contributed by atoms with Crippen LogP contribution in [0.5, 0.6) is 0 Å². The van der Waals surface area contributed by atoms with Gasteiger partial charge in [0.05, 0.1) is 0 Å². The zero-order valence-electron chi connectivity index (χ0n) is 11.3. The van der Waals surface area contributed by atoms with Crippen molar-refractivity contribution < 1.29 is 37.7 Å². The number of alkyl halides is 3. The molecular formula is C11H18F3NO5. The van der Waals surface area contributed by atoms with Gasteiger partial charge in [-0.2, -0.15) is 13.2 Å². The minimum atomic E-state index is -4.82. The van der Waals surface area contributed by atoms with E-state index in [0.717, 1.165) is 0 Å². The summed E-state index contributed by atoms with van der Waals surface area (Å²) >= 11 is 0. The Labute approximate surface area is 113 Å². The van der Waals surface area contributed by atoms with Gasteiger partial charge in [-0.25, -0.2) is 9.59 Å². The summed E-state index contributed by atoms with van der Waals surface area (Å²) in [7, 11) is 0. The number of halogens is 3. The van der Waals surface area contributed by atoms with Crippen molar-refractivity contribution in [2.75, 3.05) is 0 Å². The Hall–Kier alpha value is -1.51. The third-order valence-corrected chi connectivity index (χ3v) is 2.10. The molecule has 0 aromatic carbocycles. The number of hydrogen-bond donors (Lipinski definition) is 3. The first-order valence-electron chi connectivity index (χ1n) is 5.80. The van der Waals surface area contributed by atoms with Crippen LogP contribution in [0.2, 0.25) is 0 Å². The summed E-state index contributed by atoms with van der Waals surface area (Å²) < 4.78 is 41.0. The lowest BCUT2D eigenvalue weighted by atomic mass is 10.1. The Morgan fingerprint density at radius 3 is 2.05 bits per heavy atom. The van der Waals surface area contributed by atoms with Crippen LogP contribution in [0, 0.1) is 0 Å². The number of carbonyl (C=O) groups is 2. The molecule has 118 valence electrons. The second-order valence-electron chi connectivity index (χ2n) is 5.17. The van der Waals surface area contributed by atoms with Crippen molar-refractivity contribution in [2.24, 2.45) is 0 Å². The second-order valence-corrected chi connectivity index (χ2v) is 5.17. The van der Waals surface area contributed by atoms with Crippen molar-refractivity contribution in [1.82, 2.24) is 5.32 Å². The molecule has 6 nitrogen and oxygen atoms in total. The van der Waals surface area contributed by atoms with Gasteiger partial charge in [-0.3, -0.25) is 0 Å². The molecule has 0 aliphatic rings. The molecule has 20 heavy (non-hydrogen) atoms. The van der Waals surface area contributed by atoms with Crippen LogP contribution in [-0.2, 0) is 9.53 Å². The maximum Gasteiger partial charge on any atom is 0.414 e. The molecule has 0 aliphatic heterocycles. The molecule has 2 atom stereocenters. The molecule has 1 amide bonds. The monoisotopic (exact) mass is 301 g/mol. The Bertz CT molecular complexity index is 351. The zero-order valence-corrected chi connectivity index (χ0v) is 11.3. The van der Waals surface area contributed by atoms with E-state index in [-0.39, 0.29) is 0 Å². The molecule has 3 N–H and O–H groups in total. The van der Waals surface area contributed by atoms with E-state index in [9.17, 15) is 22.8 Å². The topological polar surface area (TPSA) is 95.9 Å². The molecule has 0 aromatic rings. The zero-order chi connectivity index (χ0) is 16.1. The number of carboxylic acid groups (broad SMARTS) is 1. The third-order valence-electron chi connectivity index (χ3n) is 2.10. The van der Waals surface area contributed by atoms with Gasteiger partial charge in [0.1, 0.15) is 17.7 Å². The average molecular weight is 301 g/mol. The summed E-state index contributed by atoms with van der Waals surface area (Å²) in [6.07, 6.45) is -9.92. The molecule has 0 bridgehead atoms. The third kappa shape index (κ3) is 7.82. The number of ether oxygens (including phenoxy) is 1. The van der Waals surface area contributed by atoms with Gasteiger partial charge in [0, 0.05) is 0 Å². The fourth-order valence-corrected chi connectivity index (χ4v) is 1.20. The van der Waals surface area contributed by atoms with Crippen molar-refractivity contribution in [3.63, 3.8) is 0 Å². The Morgan fingerprint density at radius 2 is 1.70 bits per heavy atom. The normalized spacial score (nSPS) is 15.3. The summed E-state index contributed by atoms with van der Waals surface area (Å²) in [5, 5.41) is 19.5. The predicted octanol–water partition coefficient (Wildman–Crippen LogP) is 1.67. The van der Waals surface area contributed by atoms with Crippen LogP contribution in [0.25, 0.3) is 0 Å². The first-order chi connectivity index (χ1) is 8.83. The van der Waals surface area contributed by atoms with Crippen molar-refractivity contribution in [1.29, 1.82) is 0 Å². The molecule has 0 rings (SSSR count). The number of aliphatic carboxylic acids is 1. The van der Waals surface area contributed by atoms with Crippen molar-refractivity contribution in [2.45, 2.75) is 57.5 Å². The highest BCUT2D eigenvalue weighted by Gasteiger charge is 2.38. The summed E-state index contributed by atoms with van der Waals surface area (Å²) in [6.45, 7) is 4.65. The van der Waals surface area contributed by atoms with Crippen LogP contribution in [0.1, 0.15) is 33.6 Å². The minimum Gasteiger partial charge on any atom is -0.480 e. The van der Waals surface area contributed by atoms with E-state index in [1.807, 2.05) is 5.32 Å². The number of rotatable bonds is 5. The SMILES string of the molecule is CC(C)(C)OC(=O)NC(CCC(O)C(F)(F)F)C(=O)O. The molecule has 0 aliphatic carbocycles. The van der Waals surface area contributed by atoms with Crippen molar-refractivity contribution in [3.05, 3.63) is 0 Å². The number of carbonyl (C=O) groups excluding carboxylic acids is 1. The molecule has 9 heteroatoms. The number of amides is 1. The quantitative estimate of drug-likeness (QED) is 0.718. The number of aliphatic hydroxyl groups is 1. The number of nitrogens with one attached hydrogen (secondary N) is 1. The average Bonchev–Trinajstić information content (AvgIpc) is 2.18. The van der Waals surface area contributed by atoms with Gasteiger partial charge >= 0.3 is 18.2 Å². The molecule has 0 aromatic heterocycles. The lowest BCUT2D eigenvalue weighted by Crippen LogP contribution is -2.44. The van der Waals surface area contributed by atoms with E-state index in [0.29, 0.717) is 0 Å². The van der Waals surface area contributed by atoms with Gasteiger partial charge in [-0.15, -0.1) is 0 Å². The molecule has 0 heterocycles. The summed E-state index contributed by atoms with van der Waals surface area (Å²) in [5.74, 6) is -1.51. The Kier molecular flexibility index (Phi) is 6.27. The molecule has 0 spiro atoms. The highest BCUT2D eigenvalue weighted by molar-refractivity contribution is 5.79. The fraction of sp³-hybridized carbons (Fsp3) is 0.818. The first kappa shape index (κ1) is 18.5. The molecule has 0 saturated carbocycles. The number of hydrogen-bond acceptors (Lipinski definition) is 4. The standard InChI is InChI=1S/C11H18F3NO5/c1-10(2,3)20-9(19)15-6(8(17)18)4-5-7(16)11(12,13)14/h6-7,16H,4-5H2,1-3H3,(H,15,19)(H,17,18). The molecular weight excluding hydrogens is 283 g/mol. The number of aliphatic hydroxyl groups excluding tert-OH is 1. The maximum atomic E-state index is 12.1. The first-order valence-corrected chi connectivity index (χ1v) is 5.80. The van der Waals surface area contributed by atoms with E-state index >= 15 is 0 Å².